The van der Waals surface area contributed by atoms with E-state index in [4.69, 9.17) is 9.47 Å². The van der Waals surface area contributed by atoms with E-state index in [1.807, 2.05) is 42.2 Å². The molecule has 4 heterocycles. The van der Waals surface area contributed by atoms with Crippen LogP contribution in [0.5, 0.6) is 11.5 Å². The van der Waals surface area contributed by atoms with E-state index in [0.717, 1.165) is 38.0 Å². The molecule has 0 saturated carbocycles. The number of rotatable bonds is 8. The standard InChI is InChI=1S/C30H31N5O4/c1-19-27(38-19)30(37)35-15-7-3-4-8-21(35)16-31-28-25-24(17-32-29(25)34-18-33-28)26(36)20-11-13-23(14-12-20)39-22-9-5-2-6-10-22/h2,5-6,9-14,17-19,21,27H,3-4,7-8,15-16H2,1H3,(H2,31,32,33,34). The van der Waals surface area contributed by atoms with Crippen LogP contribution in [0, 0.1) is 0 Å². The molecule has 6 rings (SSSR count). The van der Waals surface area contributed by atoms with E-state index in [1.54, 1.807) is 30.5 Å². The predicted octanol–water partition coefficient (Wildman–Crippen LogP) is 4.95. The number of hydrogen-bond acceptors (Lipinski definition) is 7. The molecule has 2 fully saturated rings. The Morgan fingerprint density at radius 1 is 1.05 bits per heavy atom. The highest BCUT2D eigenvalue weighted by atomic mass is 16.6. The SMILES string of the molecule is CC1OC1C(=O)N1CCCCCC1CNc1ncnc2[nH]cc(C(=O)c3ccc(Oc4ccccc4)cc3)c12. The van der Waals surface area contributed by atoms with Crippen LogP contribution in [0.1, 0.15) is 48.5 Å². The average Bonchev–Trinajstić information content (AvgIpc) is 3.62. The van der Waals surface area contributed by atoms with Crippen LogP contribution in [0.4, 0.5) is 5.82 Å². The third-order valence-corrected chi connectivity index (χ3v) is 7.43. The average molecular weight is 526 g/mol. The molecular weight excluding hydrogens is 494 g/mol. The fourth-order valence-electron chi connectivity index (χ4n) is 5.23. The summed E-state index contributed by atoms with van der Waals surface area (Å²) in [5, 5.41) is 4.07. The second-order valence-electron chi connectivity index (χ2n) is 10.1. The molecule has 200 valence electrons. The van der Waals surface area contributed by atoms with Crippen molar-refractivity contribution in [3.63, 3.8) is 0 Å². The van der Waals surface area contributed by atoms with Gasteiger partial charge in [0.25, 0.3) is 5.91 Å². The molecule has 2 aliphatic rings. The molecule has 2 saturated heterocycles. The number of amides is 1. The summed E-state index contributed by atoms with van der Waals surface area (Å²) < 4.78 is 11.3. The van der Waals surface area contributed by atoms with Gasteiger partial charge in [-0.15, -0.1) is 0 Å². The van der Waals surface area contributed by atoms with Crippen molar-refractivity contribution in [2.24, 2.45) is 0 Å². The number of nitrogens with one attached hydrogen (secondary N) is 2. The van der Waals surface area contributed by atoms with Crippen molar-refractivity contribution in [2.75, 3.05) is 18.4 Å². The van der Waals surface area contributed by atoms with Crippen LogP contribution in [0.25, 0.3) is 11.0 Å². The van der Waals surface area contributed by atoms with Gasteiger partial charge in [-0.2, -0.15) is 0 Å². The molecule has 2 aliphatic heterocycles. The summed E-state index contributed by atoms with van der Waals surface area (Å²) in [4.78, 5) is 40.4. The van der Waals surface area contributed by atoms with E-state index in [1.165, 1.54) is 6.33 Å². The van der Waals surface area contributed by atoms with E-state index in [0.29, 0.717) is 40.3 Å². The van der Waals surface area contributed by atoms with Crippen molar-refractivity contribution in [1.29, 1.82) is 0 Å². The van der Waals surface area contributed by atoms with Gasteiger partial charge in [0.1, 0.15) is 29.3 Å². The van der Waals surface area contributed by atoms with Gasteiger partial charge in [0, 0.05) is 30.9 Å². The zero-order valence-corrected chi connectivity index (χ0v) is 21.8. The first-order valence-corrected chi connectivity index (χ1v) is 13.5. The van der Waals surface area contributed by atoms with Crippen LogP contribution < -0.4 is 10.1 Å². The first kappa shape index (κ1) is 25.1. The molecule has 2 aromatic carbocycles. The fraction of sp³-hybridized carbons (Fsp3) is 0.333. The Labute approximate surface area is 226 Å². The number of aromatic amines is 1. The van der Waals surface area contributed by atoms with E-state index in [-0.39, 0.29) is 29.9 Å². The van der Waals surface area contributed by atoms with Crippen molar-refractivity contribution in [2.45, 2.75) is 50.9 Å². The first-order valence-electron chi connectivity index (χ1n) is 13.5. The van der Waals surface area contributed by atoms with Gasteiger partial charge in [0.15, 0.2) is 11.9 Å². The van der Waals surface area contributed by atoms with Gasteiger partial charge in [-0.05, 0) is 56.2 Å². The molecule has 0 aliphatic carbocycles. The number of hydrogen-bond donors (Lipinski definition) is 2. The van der Waals surface area contributed by atoms with Crippen LogP contribution in [-0.4, -0.2) is 62.9 Å². The number of anilines is 1. The molecule has 3 atom stereocenters. The Balaban J connectivity index is 1.20. The summed E-state index contributed by atoms with van der Waals surface area (Å²) in [5.41, 5.74) is 1.60. The molecule has 2 aromatic heterocycles. The number of ether oxygens (including phenoxy) is 2. The lowest BCUT2D eigenvalue weighted by atomic mass is 10.0. The normalized spacial score (nSPS) is 20.8. The summed E-state index contributed by atoms with van der Waals surface area (Å²) >= 11 is 0. The lowest BCUT2D eigenvalue weighted by Gasteiger charge is -2.30. The third kappa shape index (κ3) is 5.35. The molecule has 0 bridgehead atoms. The maximum atomic E-state index is 13.5. The highest BCUT2D eigenvalue weighted by molar-refractivity contribution is 6.18. The van der Waals surface area contributed by atoms with Crippen molar-refractivity contribution >= 4 is 28.5 Å². The molecule has 3 unspecified atom stereocenters. The minimum atomic E-state index is -0.324. The van der Waals surface area contributed by atoms with E-state index in [9.17, 15) is 9.59 Å². The quantitative estimate of drug-likeness (QED) is 0.247. The van der Waals surface area contributed by atoms with Gasteiger partial charge in [-0.1, -0.05) is 31.0 Å². The van der Waals surface area contributed by atoms with Crippen molar-refractivity contribution in [3.8, 4) is 11.5 Å². The first-order chi connectivity index (χ1) is 19.1. The Hall–Kier alpha value is -4.24. The summed E-state index contributed by atoms with van der Waals surface area (Å²) in [6.45, 7) is 3.19. The minimum absolute atomic E-state index is 0.0109. The van der Waals surface area contributed by atoms with Crippen LogP contribution >= 0.6 is 0 Å². The summed E-state index contributed by atoms with van der Waals surface area (Å²) in [6.07, 6.45) is 6.88. The molecule has 39 heavy (non-hydrogen) atoms. The molecule has 1 amide bonds. The van der Waals surface area contributed by atoms with Gasteiger partial charge in [0.2, 0.25) is 0 Å². The smallest absolute Gasteiger partial charge is 0.254 e. The molecule has 9 nitrogen and oxygen atoms in total. The third-order valence-electron chi connectivity index (χ3n) is 7.43. The van der Waals surface area contributed by atoms with E-state index < -0.39 is 0 Å². The number of H-pyrrole nitrogens is 1. The Kier molecular flexibility index (Phi) is 6.98. The highest BCUT2D eigenvalue weighted by Gasteiger charge is 2.45. The predicted molar refractivity (Wildman–Crippen MR) is 147 cm³/mol. The number of carbonyl (C=O) groups is 2. The van der Waals surface area contributed by atoms with Gasteiger partial charge in [-0.25, -0.2) is 9.97 Å². The Morgan fingerprint density at radius 3 is 2.59 bits per heavy atom. The number of carbonyl (C=O) groups excluding carboxylic acids is 2. The van der Waals surface area contributed by atoms with Crippen LogP contribution in [0.2, 0.25) is 0 Å². The molecular formula is C30H31N5O4. The zero-order chi connectivity index (χ0) is 26.8. The number of fused-ring (bicyclic) bond motifs is 1. The maximum absolute atomic E-state index is 13.5. The molecule has 9 heteroatoms. The number of aromatic nitrogens is 3. The summed E-state index contributed by atoms with van der Waals surface area (Å²) in [5.74, 6) is 1.88. The summed E-state index contributed by atoms with van der Waals surface area (Å²) in [7, 11) is 0. The second-order valence-corrected chi connectivity index (χ2v) is 10.1. The number of epoxide rings is 1. The second kappa shape index (κ2) is 10.9. The number of benzene rings is 2. The highest BCUT2D eigenvalue weighted by Crippen LogP contribution is 2.29. The molecule has 0 radical (unpaired) electrons. The number of para-hydroxylation sites is 1. The topological polar surface area (TPSA) is 113 Å². The monoisotopic (exact) mass is 525 g/mol. The number of likely N-dealkylation sites (tertiary alicyclic amines) is 1. The van der Waals surface area contributed by atoms with Crippen LogP contribution in [0.3, 0.4) is 0 Å². The van der Waals surface area contributed by atoms with Crippen molar-refractivity contribution in [1.82, 2.24) is 19.9 Å². The lowest BCUT2D eigenvalue weighted by molar-refractivity contribution is -0.134. The van der Waals surface area contributed by atoms with Crippen molar-refractivity contribution in [3.05, 3.63) is 78.2 Å². The Morgan fingerprint density at radius 2 is 1.82 bits per heavy atom. The van der Waals surface area contributed by atoms with Gasteiger partial charge < -0.3 is 24.7 Å². The molecule has 2 N–H and O–H groups in total. The van der Waals surface area contributed by atoms with Gasteiger partial charge in [0.05, 0.1) is 17.1 Å². The number of ketones is 1. The van der Waals surface area contributed by atoms with E-state index in [2.05, 4.69) is 20.3 Å². The number of nitrogens with zero attached hydrogens (tertiary/aromatic N) is 3. The molecule has 0 spiro atoms. The van der Waals surface area contributed by atoms with E-state index >= 15 is 0 Å². The zero-order valence-electron chi connectivity index (χ0n) is 21.8. The van der Waals surface area contributed by atoms with Crippen LogP contribution in [0.15, 0.2) is 67.1 Å². The minimum Gasteiger partial charge on any atom is -0.457 e. The largest absolute Gasteiger partial charge is 0.457 e. The lowest BCUT2D eigenvalue weighted by Crippen LogP contribution is -2.46. The van der Waals surface area contributed by atoms with Gasteiger partial charge in [-0.3, -0.25) is 9.59 Å². The van der Waals surface area contributed by atoms with Crippen molar-refractivity contribution < 1.29 is 19.1 Å². The Bertz CT molecular complexity index is 1470. The maximum Gasteiger partial charge on any atom is 0.254 e. The fourth-order valence-corrected chi connectivity index (χ4v) is 5.23. The summed E-state index contributed by atoms with van der Waals surface area (Å²) in [6, 6.07) is 16.6. The van der Waals surface area contributed by atoms with Crippen LogP contribution in [-0.2, 0) is 9.53 Å². The molecule has 4 aromatic rings. The van der Waals surface area contributed by atoms with Gasteiger partial charge >= 0.3 is 0 Å².